The Morgan fingerprint density at radius 3 is 2.53 bits per heavy atom. The van der Waals surface area contributed by atoms with E-state index in [2.05, 4.69) is 0 Å². The molecule has 1 N–H and O–H groups in total. The molecule has 1 aromatic rings. The summed E-state index contributed by atoms with van der Waals surface area (Å²) in [6, 6.07) is 2.17. The van der Waals surface area contributed by atoms with Crippen molar-refractivity contribution in [1.29, 1.82) is 0 Å². The van der Waals surface area contributed by atoms with E-state index < -0.39 is 18.8 Å². The molecule has 1 aromatic carbocycles. The number of hydrogen-bond acceptors (Lipinski definition) is 4. The van der Waals surface area contributed by atoms with E-state index >= 15 is 0 Å². The molecule has 0 aromatic heterocycles. The van der Waals surface area contributed by atoms with Gasteiger partial charge in [0.05, 0.1) is 16.0 Å². The van der Waals surface area contributed by atoms with Crippen molar-refractivity contribution in [2.45, 2.75) is 12.8 Å². The van der Waals surface area contributed by atoms with E-state index in [1.54, 1.807) is 0 Å². The molecular formula is C8H8Cl2NO5P. The highest BCUT2D eigenvalue weighted by Gasteiger charge is 2.19. The number of nitro groups is 1. The normalized spacial score (nSPS) is 14.1. The molecule has 0 radical (unpaired) electrons. The molecule has 0 aliphatic heterocycles. The van der Waals surface area contributed by atoms with E-state index in [9.17, 15) is 14.7 Å². The Morgan fingerprint density at radius 1 is 1.47 bits per heavy atom. The van der Waals surface area contributed by atoms with Crippen molar-refractivity contribution in [3.63, 3.8) is 0 Å². The Morgan fingerprint density at radius 2 is 2.06 bits per heavy atom. The average molecular weight is 300 g/mol. The van der Waals surface area contributed by atoms with Crippen LogP contribution in [0.5, 0.6) is 5.75 Å². The maximum atomic E-state index is 10.8. The van der Waals surface area contributed by atoms with Gasteiger partial charge in [0.15, 0.2) is 5.85 Å². The van der Waals surface area contributed by atoms with Crippen LogP contribution in [0.2, 0.25) is 10.0 Å². The highest BCUT2D eigenvalue weighted by atomic mass is 35.5. The number of halogens is 2. The molecule has 0 aliphatic carbocycles. The predicted molar refractivity (Wildman–Crippen MR) is 64.4 cm³/mol. The molecule has 6 nitrogen and oxygen atoms in total. The molecule has 1 rings (SSSR count). The van der Waals surface area contributed by atoms with E-state index in [0.29, 0.717) is 0 Å². The zero-order valence-corrected chi connectivity index (χ0v) is 11.0. The quantitative estimate of drug-likeness (QED) is 0.524. The van der Waals surface area contributed by atoms with E-state index in [-0.39, 0.29) is 21.5 Å². The topological polar surface area (TPSA) is 89.7 Å². The van der Waals surface area contributed by atoms with Crippen LogP contribution in [0.1, 0.15) is 6.92 Å². The summed E-state index contributed by atoms with van der Waals surface area (Å²) in [7, 11) is -2.90. The van der Waals surface area contributed by atoms with Crippen LogP contribution in [0, 0.1) is 10.1 Å². The lowest BCUT2D eigenvalue weighted by atomic mass is 10.3. The van der Waals surface area contributed by atoms with Crippen molar-refractivity contribution in [2.24, 2.45) is 0 Å². The first-order valence-corrected chi connectivity index (χ1v) is 6.54. The minimum absolute atomic E-state index is 0.0377. The van der Waals surface area contributed by atoms with Gasteiger partial charge in [0.2, 0.25) is 8.03 Å². The van der Waals surface area contributed by atoms with Gasteiger partial charge in [-0.2, -0.15) is 0 Å². The summed E-state index contributed by atoms with van der Waals surface area (Å²) < 4.78 is 15.8. The molecule has 0 saturated carbocycles. The Kier molecular flexibility index (Phi) is 4.77. The number of nitrogens with zero attached hydrogens (tertiary/aromatic N) is 1. The molecule has 9 heteroatoms. The van der Waals surface area contributed by atoms with Gasteiger partial charge in [0, 0.05) is 0 Å². The van der Waals surface area contributed by atoms with Crippen molar-refractivity contribution in [3.05, 3.63) is 32.3 Å². The second-order valence-electron chi connectivity index (χ2n) is 3.09. The minimum Gasteiger partial charge on any atom is -0.479 e. The van der Waals surface area contributed by atoms with Gasteiger partial charge < -0.3 is 9.63 Å². The van der Waals surface area contributed by atoms with Crippen molar-refractivity contribution < 1.29 is 19.1 Å². The van der Waals surface area contributed by atoms with Crippen molar-refractivity contribution in [3.8, 4) is 5.75 Å². The van der Waals surface area contributed by atoms with Crippen LogP contribution in [-0.2, 0) is 4.57 Å². The van der Waals surface area contributed by atoms with Crippen LogP contribution >= 0.6 is 31.2 Å². The third kappa shape index (κ3) is 3.57. The second-order valence-corrected chi connectivity index (χ2v) is 5.39. The monoisotopic (exact) mass is 299 g/mol. The molecule has 0 spiro atoms. The summed E-state index contributed by atoms with van der Waals surface area (Å²) in [5.74, 6) is -1.04. The lowest BCUT2D eigenvalue weighted by Crippen LogP contribution is -2.07. The summed E-state index contributed by atoms with van der Waals surface area (Å²) in [6.45, 7) is 1.36. The number of benzene rings is 1. The largest absolute Gasteiger partial charge is 0.479 e. The first-order valence-electron chi connectivity index (χ1n) is 4.36. The van der Waals surface area contributed by atoms with Gasteiger partial charge in [-0.15, -0.1) is 0 Å². The Hall–Kier alpha value is -0.810. The number of ether oxygens (including phenoxy) is 1. The lowest BCUT2D eigenvalue weighted by Gasteiger charge is -2.12. The first kappa shape index (κ1) is 14.3. The van der Waals surface area contributed by atoms with Crippen LogP contribution in [0.15, 0.2) is 12.1 Å². The second kappa shape index (κ2) is 5.69. The third-order valence-electron chi connectivity index (χ3n) is 1.85. The molecule has 0 bridgehead atoms. The SMILES string of the molecule is CC(Oc1cc([N+](=O)[O-])c(Cl)cc1Cl)[PH](=O)O. The summed E-state index contributed by atoms with van der Waals surface area (Å²) in [6.07, 6.45) is 0. The summed E-state index contributed by atoms with van der Waals surface area (Å²) >= 11 is 11.4. The maximum absolute atomic E-state index is 10.8. The number of nitro benzene ring substituents is 1. The van der Waals surface area contributed by atoms with Crippen LogP contribution in [-0.4, -0.2) is 15.7 Å². The van der Waals surface area contributed by atoms with Crippen LogP contribution in [0.3, 0.4) is 0 Å². The van der Waals surface area contributed by atoms with E-state index in [4.69, 9.17) is 32.8 Å². The highest BCUT2D eigenvalue weighted by molar-refractivity contribution is 7.38. The number of hydrogen-bond donors (Lipinski definition) is 1. The molecule has 0 saturated heterocycles. The molecule has 2 atom stereocenters. The van der Waals surface area contributed by atoms with Crippen molar-refractivity contribution >= 4 is 36.9 Å². The fraction of sp³-hybridized carbons (Fsp3) is 0.250. The zero-order valence-electron chi connectivity index (χ0n) is 8.52. The standard InChI is InChI=1S/C8H8Cl2NO5P/c1-4(17(14)15)16-8-3-7(11(12)13)5(9)2-6(8)10/h2-4,17H,1H3,(H,14,15). The fourth-order valence-corrected chi connectivity index (χ4v) is 1.71. The Balaban J connectivity index is 3.12. The summed E-state index contributed by atoms with van der Waals surface area (Å²) in [4.78, 5) is 18.8. The van der Waals surface area contributed by atoms with Crippen LogP contribution < -0.4 is 4.74 Å². The van der Waals surface area contributed by atoms with Gasteiger partial charge >= 0.3 is 0 Å². The minimum atomic E-state index is -2.90. The molecule has 0 amide bonds. The zero-order chi connectivity index (χ0) is 13.2. The molecule has 0 aliphatic rings. The smallest absolute Gasteiger partial charge is 0.291 e. The van der Waals surface area contributed by atoms with Gasteiger partial charge in [-0.3, -0.25) is 14.7 Å². The van der Waals surface area contributed by atoms with Crippen molar-refractivity contribution in [1.82, 2.24) is 0 Å². The highest BCUT2D eigenvalue weighted by Crippen LogP contribution is 2.37. The molecule has 0 fully saturated rings. The molecular weight excluding hydrogens is 292 g/mol. The Bertz CT molecular complexity index is 481. The molecule has 94 valence electrons. The van der Waals surface area contributed by atoms with E-state index in [1.807, 2.05) is 0 Å². The van der Waals surface area contributed by atoms with Gasteiger partial charge in [-0.05, 0) is 13.0 Å². The molecule has 2 unspecified atom stereocenters. The van der Waals surface area contributed by atoms with Gasteiger partial charge in [-0.1, -0.05) is 23.2 Å². The van der Waals surface area contributed by atoms with Crippen molar-refractivity contribution in [2.75, 3.05) is 0 Å². The average Bonchev–Trinajstić information content (AvgIpc) is 2.21. The van der Waals surface area contributed by atoms with Gasteiger partial charge in [-0.25, -0.2) is 0 Å². The third-order valence-corrected chi connectivity index (χ3v) is 3.26. The van der Waals surface area contributed by atoms with E-state index in [1.165, 1.54) is 6.92 Å². The number of rotatable bonds is 4. The molecule has 17 heavy (non-hydrogen) atoms. The predicted octanol–water partition coefficient (Wildman–Crippen LogP) is 3.09. The Labute approximate surface area is 107 Å². The maximum Gasteiger partial charge on any atom is 0.291 e. The molecule has 0 heterocycles. The van der Waals surface area contributed by atoms with Gasteiger partial charge in [0.1, 0.15) is 10.8 Å². The fourth-order valence-electron chi connectivity index (χ4n) is 0.989. The summed E-state index contributed by atoms with van der Waals surface area (Å²) in [5, 5.41) is 10.5. The first-order chi connectivity index (χ1) is 7.82. The van der Waals surface area contributed by atoms with Gasteiger partial charge in [0.25, 0.3) is 5.69 Å². The lowest BCUT2D eigenvalue weighted by molar-refractivity contribution is -0.384. The van der Waals surface area contributed by atoms with Crippen LogP contribution in [0.4, 0.5) is 5.69 Å². The van der Waals surface area contributed by atoms with E-state index in [0.717, 1.165) is 12.1 Å². The van der Waals surface area contributed by atoms with Crippen LogP contribution in [0.25, 0.3) is 0 Å². The summed E-state index contributed by atoms with van der Waals surface area (Å²) in [5.41, 5.74) is -0.379.